The predicted molar refractivity (Wildman–Crippen MR) is 131 cm³/mol. The molecular formula is C27H33AcO5P. The molecule has 4 atom stereocenters. The fourth-order valence-electron chi connectivity index (χ4n) is 4.79. The minimum absolute atomic E-state index is 0. The Morgan fingerprint density at radius 3 is 2.56 bits per heavy atom. The third-order valence-corrected chi connectivity index (χ3v) is 7.89. The summed E-state index contributed by atoms with van der Waals surface area (Å²) >= 11 is 0. The summed E-state index contributed by atoms with van der Waals surface area (Å²) in [6.45, 7) is 7.12. The molecule has 0 saturated heterocycles. The number of aliphatic hydroxyl groups excluding tert-OH is 1. The first-order chi connectivity index (χ1) is 15.5. The molecule has 0 amide bonds. The van der Waals surface area contributed by atoms with E-state index in [-0.39, 0.29) is 67.8 Å². The number of benzene rings is 2. The van der Waals surface area contributed by atoms with Crippen molar-refractivity contribution in [3.63, 3.8) is 0 Å². The van der Waals surface area contributed by atoms with E-state index in [4.69, 9.17) is 9.47 Å². The number of carbonyl (C=O) groups excluding carboxylic acids is 1. The van der Waals surface area contributed by atoms with E-state index in [0.29, 0.717) is 24.8 Å². The van der Waals surface area contributed by atoms with E-state index in [1.807, 2.05) is 67.9 Å². The molecular weight excluding hydrogens is 662 g/mol. The molecule has 1 N–H and O–H groups in total. The van der Waals surface area contributed by atoms with Gasteiger partial charge in [-0.2, -0.15) is 0 Å². The Kier molecular flexibility index (Phi) is 8.95. The van der Waals surface area contributed by atoms with Gasteiger partial charge in [0.25, 0.3) is 0 Å². The summed E-state index contributed by atoms with van der Waals surface area (Å²) in [6.07, 6.45) is 4.54. The predicted octanol–water partition coefficient (Wildman–Crippen LogP) is 5.06. The number of para-hydroxylation sites is 2. The molecule has 0 aromatic heterocycles. The minimum atomic E-state index is -2.12. The maximum Gasteiger partial charge on any atom is 0.198 e. The second kappa shape index (κ2) is 11.0. The second-order valence-corrected chi connectivity index (χ2v) is 13.7. The average Bonchev–Trinajstić information content (AvgIpc) is 3.25. The Balaban J connectivity index is 0.00000324. The van der Waals surface area contributed by atoms with Crippen LogP contribution in [0.1, 0.15) is 37.3 Å². The van der Waals surface area contributed by atoms with Crippen molar-refractivity contribution < 1.29 is 68.0 Å². The Bertz CT molecular complexity index is 1090. The summed E-state index contributed by atoms with van der Waals surface area (Å²) in [4.78, 5) is 13.0. The van der Waals surface area contributed by atoms with Crippen LogP contribution in [-0.2, 0) is 15.8 Å². The van der Waals surface area contributed by atoms with Gasteiger partial charge in [0, 0.05) is 74.0 Å². The molecule has 0 spiro atoms. The van der Waals surface area contributed by atoms with E-state index in [2.05, 4.69) is 0 Å². The van der Waals surface area contributed by atoms with Crippen molar-refractivity contribution >= 4 is 12.9 Å². The van der Waals surface area contributed by atoms with Crippen molar-refractivity contribution in [1.29, 1.82) is 0 Å². The van der Waals surface area contributed by atoms with Crippen LogP contribution in [0.15, 0.2) is 60.7 Å². The normalized spacial score (nSPS) is 23.7. The molecule has 5 nitrogen and oxygen atoms in total. The van der Waals surface area contributed by atoms with Gasteiger partial charge >= 0.3 is 0 Å². The number of hydrogen-bond donors (Lipinski definition) is 1. The van der Waals surface area contributed by atoms with E-state index in [0.717, 1.165) is 16.9 Å². The summed E-state index contributed by atoms with van der Waals surface area (Å²) in [5, 5.41) is 10.7. The number of rotatable bonds is 8. The Hall–Kier alpha value is -0.918. The van der Waals surface area contributed by atoms with Crippen molar-refractivity contribution in [3.8, 4) is 11.5 Å². The number of ketones is 1. The van der Waals surface area contributed by atoms with Gasteiger partial charge in [-0.3, -0.25) is 4.79 Å². The molecule has 1 aliphatic heterocycles. The largest absolute Gasteiger partial charge is 0.489 e. The van der Waals surface area contributed by atoms with Gasteiger partial charge in [-0.25, -0.2) is 0 Å². The molecule has 4 rings (SSSR count). The number of ether oxygens (including phenoxy) is 2. The maximum absolute atomic E-state index is 13.0. The van der Waals surface area contributed by atoms with Crippen LogP contribution in [0, 0.1) is 50.0 Å². The zero-order valence-corrected chi connectivity index (χ0v) is 25.9. The molecule has 34 heavy (non-hydrogen) atoms. The Morgan fingerprint density at radius 2 is 1.88 bits per heavy atom. The third kappa shape index (κ3) is 6.25. The van der Waals surface area contributed by atoms with Crippen molar-refractivity contribution in [2.24, 2.45) is 5.92 Å². The molecule has 7 heteroatoms. The molecule has 1 radical (unpaired) electrons. The van der Waals surface area contributed by atoms with E-state index in [1.165, 1.54) is 0 Å². The molecule has 1 heterocycles. The van der Waals surface area contributed by atoms with Crippen LogP contribution in [0.25, 0.3) is 0 Å². The SMILES string of the molecule is CC(C)(Oc1ccccc1)C(=O)/C=C/[C@@H]1[C@H]2c3cccc(CCP(C)(C)=O)c3O[C@H]2C[C@H]1O.[Ac]. The van der Waals surface area contributed by atoms with Gasteiger partial charge < -0.3 is 19.1 Å². The fraction of sp³-hybridized carbons (Fsp3) is 0.444. The summed E-state index contributed by atoms with van der Waals surface area (Å²) < 4.78 is 24.4. The monoisotopic (exact) mass is 695 g/mol. The summed E-state index contributed by atoms with van der Waals surface area (Å²) in [7, 11) is -2.12. The molecule has 2 aliphatic rings. The molecule has 1 aliphatic carbocycles. The van der Waals surface area contributed by atoms with Crippen molar-refractivity contribution in [2.45, 2.75) is 50.4 Å². The number of aliphatic hydroxyl groups is 1. The van der Waals surface area contributed by atoms with Crippen molar-refractivity contribution in [1.82, 2.24) is 0 Å². The number of aryl methyl sites for hydroxylation is 1. The van der Waals surface area contributed by atoms with Crippen LogP contribution in [-0.4, -0.2) is 48.2 Å². The molecule has 2 aromatic carbocycles. The van der Waals surface area contributed by atoms with Crippen LogP contribution in [0.3, 0.4) is 0 Å². The zero-order chi connectivity index (χ0) is 23.8. The van der Waals surface area contributed by atoms with E-state index in [1.54, 1.807) is 19.9 Å². The zero-order valence-electron chi connectivity index (χ0n) is 20.3. The molecule has 0 bridgehead atoms. The standard InChI is InChI=1S/C27H33O5P.Ac/c1-27(2,32-19-10-6-5-7-11-19)24(29)14-13-20-22(28)17-23-25(20)21-12-8-9-18(26(21)31-23)15-16-33(3,4)30;/h5-14,20,22-23,25,28H,15-17H2,1-4H3;/b14-13+;/t20-,22+,23-,25-;/m0./s1. The second-order valence-electron chi connectivity index (χ2n) is 10.1. The maximum atomic E-state index is 13.0. The van der Waals surface area contributed by atoms with Gasteiger partial charge in [0.05, 0.1) is 13.2 Å². The Labute approximate surface area is 238 Å². The number of carbonyl (C=O) groups is 1. The van der Waals surface area contributed by atoms with Crippen LogP contribution in [0.4, 0.5) is 0 Å². The van der Waals surface area contributed by atoms with Gasteiger partial charge in [-0.15, -0.1) is 0 Å². The summed E-state index contributed by atoms with van der Waals surface area (Å²) in [6, 6.07) is 15.4. The van der Waals surface area contributed by atoms with E-state index < -0.39 is 18.8 Å². The van der Waals surface area contributed by atoms with E-state index in [9.17, 15) is 14.5 Å². The molecule has 0 unspecified atom stereocenters. The average molecular weight is 696 g/mol. The van der Waals surface area contributed by atoms with Crippen LogP contribution >= 0.6 is 7.14 Å². The van der Waals surface area contributed by atoms with E-state index >= 15 is 0 Å². The smallest absolute Gasteiger partial charge is 0.198 e. The summed E-state index contributed by atoms with van der Waals surface area (Å²) in [5.41, 5.74) is 1.11. The van der Waals surface area contributed by atoms with Crippen molar-refractivity contribution in [2.75, 3.05) is 19.5 Å². The first kappa shape index (κ1) is 27.7. The molecule has 1 fully saturated rings. The van der Waals surface area contributed by atoms with Gasteiger partial charge in [-0.1, -0.05) is 42.5 Å². The quantitative estimate of drug-likeness (QED) is 0.309. The van der Waals surface area contributed by atoms with Gasteiger partial charge in [0.15, 0.2) is 11.4 Å². The van der Waals surface area contributed by atoms with Crippen LogP contribution < -0.4 is 9.47 Å². The first-order valence-electron chi connectivity index (χ1n) is 11.5. The first-order valence-corrected chi connectivity index (χ1v) is 14.3. The molecule has 2 aromatic rings. The third-order valence-electron chi connectivity index (χ3n) is 6.59. The molecule has 1 saturated carbocycles. The summed E-state index contributed by atoms with van der Waals surface area (Å²) in [5.74, 6) is 1.13. The number of hydrogen-bond acceptors (Lipinski definition) is 5. The van der Waals surface area contributed by atoms with Crippen LogP contribution in [0.2, 0.25) is 0 Å². The van der Waals surface area contributed by atoms with Gasteiger partial charge in [-0.05, 0) is 57.4 Å². The minimum Gasteiger partial charge on any atom is -0.489 e. The fourth-order valence-corrected chi connectivity index (χ4v) is 5.57. The van der Waals surface area contributed by atoms with Crippen LogP contribution in [0.5, 0.6) is 11.5 Å². The topological polar surface area (TPSA) is 72.8 Å². The van der Waals surface area contributed by atoms with Crippen molar-refractivity contribution in [3.05, 3.63) is 71.8 Å². The number of fused-ring (bicyclic) bond motifs is 3. The molecule has 179 valence electrons. The van der Waals surface area contributed by atoms with Gasteiger partial charge in [0.1, 0.15) is 17.6 Å². The van der Waals surface area contributed by atoms with Gasteiger partial charge in [0.2, 0.25) is 0 Å². The Morgan fingerprint density at radius 1 is 1.18 bits per heavy atom.